The second kappa shape index (κ2) is 12.8. The number of alkyl halides is 3. The number of aliphatic hydroxyl groups is 1. The Labute approximate surface area is 191 Å². The number of benzene rings is 1. The van der Waals surface area contributed by atoms with Gasteiger partial charge in [0, 0.05) is 18.6 Å². The number of nitrogens with zero attached hydrogens (tertiary/aromatic N) is 1. The first-order chi connectivity index (χ1) is 13.4. The molecule has 0 fully saturated rings. The van der Waals surface area contributed by atoms with Gasteiger partial charge in [-0.1, -0.05) is 0 Å². The predicted octanol–water partition coefficient (Wildman–Crippen LogP) is 2.53. The van der Waals surface area contributed by atoms with Crippen molar-refractivity contribution < 1.29 is 27.8 Å². The summed E-state index contributed by atoms with van der Waals surface area (Å²) in [6, 6.07) is 4.22. The topological polar surface area (TPSA) is 95.0 Å². The SMILES string of the molecule is CCNC(=NCC(=O)NC(C)(C)C)NCC(O)COc1ccc(C(F)(F)F)cc1.I. The Kier molecular flexibility index (Phi) is 12.1. The van der Waals surface area contributed by atoms with Crippen LogP contribution in [0.4, 0.5) is 13.2 Å². The molecule has 0 aliphatic heterocycles. The fourth-order valence-electron chi connectivity index (χ4n) is 2.16. The molecular formula is C19H30F3IN4O3. The van der Waals surface area contributed by atoms with E-state index in [0.29, 0.717) is 12.5 Å². The van der Waals surface area contributed by atoms with Gasteiger partial charge in [-0.15, -0.1) is 24.0 Å². The Hall–Kier alpha value is -1.76. The van der Waals surface area contributed by atoms with Crippen LogP contribution in [0.25, 0.3) is 0 Å². The maximum absolute atomic E-state index is 12.5. The van der Waals surface area contributed by atoms with Gasteiger partial charge < -0.3 is 25.8 Å². The summed E-state index contributed by atoms with van der Waals surface area (Å²) >= 11 is 0. The molecule has 7 nitrogen and oxygen atoms in total. The van der Waals surface area contributed by atoms with Gasteiger partial charge in [-0.25, -0.2) is 4.99 Å². The van der Waals surface area contributed by atoms with Crippen LogP contribution in [0.5, 0.6) is 5.75 Å². The fraction of sp³-hybridized carbons (Fsp3) is 0.579. The summed E-state index contributed by atoms with van der Waals surface area (Å²) in [7, 11) is 0. The molecule has 0 spiro atoms. The number of halogens is 4. The van der Waals surface area contributed by atoms with Crippen molar-refractivity contribution in [3.63, 3.8) is 0 Å². The third kappa shape index (κ3) is 12.1. The van der Waals surface area contributed by atoms with Crippen molar-refractivity contribution in [2.75, 3.05) is 26.2 Å². The molecule has 0 heterocycles. The van der Waals surface area contributed by atoms with Gasteiger partial charge >= 0.3 is 6.18 Å². The molecule has 1 amide bonds. The molecule has 0 bridgehead atoms. The van der Waals surface area contributed by atoms with E-state index in [1.807, 2.05) is 27.7 Å². The summed E-state index contributed by atoms with van der Waals surface area (Å²) in [4.78, 5) is 16.0. The van der Waals surface area contributed by atoms with Crippen molar-refractivity contribution in [1.29, 1.82) is 0 Å². The lowest BCUT2D eigenvalue weighted by Crippen LogP contribution is -2.44. The van der Waals surface area contributed by atoms with Crippen LogP contribution in [-0.4, -0.2) is 54.9 Å². The lowest BCUT2D eigenvalue weighted by molar-refractivity contribution is -0.137. The summed E-state index contributed by atoms with van der Waals surface area (Å²) in [5.74, 6) is 0.336. The summed E-state index contributed by atoms with van der Waals surface area (Å²) in [5, 5.41) is 18.6. The first kappa shape index (κ1) is 28.2. The average molecular weight is 546 g/mol. The smallest absolute Gasteiger partial charge is 0.416 e. The Bertz CT molecular complexity index is 677. The molecule has 11 heteroatoms. The van der Waals surface area contributed by atoms with Crippen molar-refractivity contribution in [3.05, 3.63) is 29.8 Å². The van der Waals surface area contributed by atoms with E-state index in [4.69, 9.17) is 4.74 Å². The number of aliphatic imine (C=N–C) groups is 1. The Balaban J connectivity index is 0.00000841. The molecule has 1 unspecified atom stereocenters. The van der Waals surface area contributed by atoms with Crippen LogP contribution in [0, 0.1) is 0 Å². The maximum Gasteiger partial charge on any atom is 0.416 e. The van der Waals surface area contributed by atoms with Crippen molar-refractivity contribution >= 4 is 35.8 Å². The van der Waals surface area contributed by atoms with E-state index in [9.17, 15) is 23.1 Å². The highest BCUT2D eigenvalue weighted by Gasteiger charge is 2.30. The quantitative estimate of drug-likeness (QED) is 0.229. The van der Waals surface area contributed by atoms with E-state index < -0.39 is 17.8 Å². The molecule has 1 aromatic carbocycles. The van der Waals surface area contributed by atoms with Crippen LogP contribution in [0.3, 0.4) is 0 Å². The minimum atomic E-state index is -4.41. The summed E-state index contributed by atoms with van der Waals surface area (Å²) in [5.41, 5.74) is -1.13. The van der Waals surface area contributed by atoms with Gasteiger partial charge in [0.25, 0.3) is 0 Å². The lowest BCUT2D eigenvalue weighted by atomic mass is 10.1. The van der Waals surface area contributed by atoms with Gasteiger partial charge in [0.1, 0.15) is 25.0 Å². The number of guanidine groups is 1. The molecule has 0 aliphatic carbocycles. The fourth-order valence-corrected chi connectivity index (χ4v) is 2.16. The predicted molar refractivity (Wildman–Crippen MR) is 120 cm³/mol. The average Bonchev–Trinajstić information content (AvgIpc) is 2.60. The molecule has 0 aromatic heterocycles. The molecule has 0 saturated carbocycles. The number of carbonyl (C=O) groups excluding carboxylic acids is 1. The van der Waals surface area contributed by atoms with Crippen LogP contribution in [0.2, 0.25) is 0 Å². The third-order valence-corrected chi connectivity index (χ3v) is 3.37. The van der Waals surface area contributed by atoms with Gasteiger partial charge in [0.15, 0.2) is 5.96 Å². The van der Waals surface area contributed by atoms with Gasteiger partial charge in [-0.3, -0.25) is 4.79 Å². The van der Waals surface area contributed by atoms with Crippen LogP contribution >= 0.6 is 24.0 Å². The first-order valence-corrected chi connectivity index (χ1v) is 9.22. The van der Waals surface area contributed by atoms with E-state index in [1.54, 1.807) is 0 Å². The number of carbonyl (C=O) groups is 1. The number of aliphatic hydroxyl groups excluding tert-OH is 1. The van der Waals surface area contributed by atoms with Crippen LogP contribution in [0.15, 0.2) is 29.3 Å². The number of rotatable bonds is 8. The molecule has 4 N–H and O–H groups in total. The Morgan fingerprint density at radius 1 is 1.17 bits per heavy atom. The van der Waals surface area contributed by atoms with Gasteiger partial charge in [-0.2, -0.15) is 13.2 Å². The third-order valence-electron chi connectivity index (χ3n) is 3.37. The normalized spacial score (nSPS) is 13.1. The molecule has 0 radical (unpaired) electrons. The van der Waals surface area contributed by atoms with Crippen molar-refractivity contribution in [3.8, 4) is 5.75 Å². The second-order valence-electron chi connectivity index (χ2n) is 7.36. The van der Waals surface area contributed by atoms with Crippen molar-refractivity contribution in [2.24, 2.45) is 4.99 Å². The van der Waals surface area contributed by atoms with Gasteiger partial charge in [0.05, 0.1) is 5.56 Å². The summed E-state index contributed by atoms with van der Waals surface area (Å²) in [6.07, 6.45) is -5.35. The molecular weight excluding hydrogens is 516 g/mol. The minimum absolute atomic E-state index is 0. The number of ether oxygens (including phenoxy) is 1. The van der Waals surface area contributed by atoms with Gasteiger partial charge in [-0.05, 0) is 52.0 Å². The Morgan fingerprint density at radius 3 is 2.27 bits per heavy atom. The van der Waals surface area contributed by atoms with E-state index in [-0.39, 0.29) is 60.9 Å². The van der Waals surface area contributed by atoms with Gasteiger partial charge in [0.2, 0.25) is 5.91 Å². The van der Waals surface area contributed by atoms with Crippen molar-refractivity contribution in [1.82, 2.24) is 16.0 Å². The number of amides is 1. The molecule has 1 atom stereocenters. The zero-order chi connectivity index (χ0) is 22.1. The van der Waals surface area contributed by atoms with Crippen LogP contribution < -0.4 is 20.7 Å². The molecule has 30 heavy (non-hydrogen) atoms. The number of hydrogen-bond donors (Lipinski definition) is 4. The highest BCUT2D eigenvalue weighted by Crippen LogP contribution is 2.30. The molecule has 1 aromatic rings. The first-order valence-electron chi connectivity index (χ1n) is 9.22. The monoisotopic (exact) mass is 546 g/mol. The zero-order valence-electron chi connectivity index (χ0n) is 17.5. The van der Waals surface area contributed by atoms with E-state index in [1.165, 1.54) is 12.1 Å². The lowest BCUT2D eigenvalue weighted by Gasteiger charge is -2.20. The highest BCUT2D eigenvalue weighted by atomic mass is 127. The van der Waals surface area contributed by atoms with Crippen molar-refractivity contribution in [2.45, 2.75) is 45.5 Å². The second-order valence-corrected chi connectivity index (χ2v) is 7.36. The number of nitrogens with one attached hydrogen (secondary N) is 3. The highest BCUT2D eigenvalue weighted by molar-refractivity contribution is 14.0. The molecule has 1 rings (SSSR count). The van der Waals surface area contributed by atoms with E-state index in [2.05, 4.69) is 20.9 Å². The maximum atomic E-state index is 12.5. The summed E-state index contributed by atoms with van der Waals surface area (Å²) < 4.78 is 42.9. The van der Waals surface area contributed by atoms with E-state index >= 15 is 0 Å². The van der Waals surface area contributed by atoms with Crippen LogP contribution in [-0.2, 0) is 11.0 Å². The standard InChI is InChI=1S/C19H29F3N4O3.HI/c1-5-23-17(25-11-16(28)26-18(2,3)4)24-10-14(27)12-29-15-8-6-13(7-9-15)19(20,21)22;/h6-9,14,27H,5,10-12H2,1-4H3,(H,26,28)(H2,23,24,25);1H. The molecule has 0 aliphatic rings. The van der Waals surface area contributed by atoms with E-state index in [0.717, 1.165) is 12.1 Å². The zero-order valence-corrected chi connectivity index (χ0v) is 19.8. The largest absolute Gasteiger partial charge is 0.491 e. The molecule has 0 saturated heterocycles. The summed E-state index contributed by atoms with van der Waals surface area (Å²) in [6.45, 7) is 7.89. The minimum Gasteiger partial charge on any atom is -0.491 e. The van der Waals surface area contributed by atoms with Crippen LogP contribution in [0.1, 0.15) is 33.3 Å². The molecule has 172 valence electrons. The Morgan fingerprint density at radius 2 is 1.77 bits per heavy atom. The number of hydrogen-bond acceptors (Lipinski definition) is 4.